The summed E-state index contributed by atoms with van der Waals surface area (Å²) in [7, 11) is 3.51. The van der Waals surface area contributed by atoms with Crippen LogP contribution in [0.4, 0.5) is 0 Å². The topological polar surface area (TPSA) is 45.7 Å². The molecule has 136 valence electrons. The second-order valence-corrected chi connectivity index (χ2v) is 5.58. The summed E-state index contributed by atoms with van der Waals surface area (Å²) in [5, 5.41) is 6.71. The maximum atomic E-state index is 5.38. The van der Waals surface area contributed by atoms with Crippen molar-refractivity contribution in [2.24, 2.45) is 4.99 Å². The fraction of sp³-hybridized carbons (Fsp3) is 0.350. The van der Waals surface area contributed by atoms with Crippen LogP contribution in [0, 0.1) is 0 Å². The molecule has 0 radical (unpaired) electrons. The van der Waals surface area contributed by atoms with Crippen LogP contribution in [0.15, 0.2) is 59.6 Å². The Bertz CT molecular complexity index is 632. The predicted molar refractivity (Wildman–Crippen MR) is 116 cm³/mol. The lowest BCUT2D eigenvalue weighted by atomic mass is 10.1. The Labute approximate surface area is 168 Å². The Morgan fingerprint density at radius 3 is 2.32 bits per heavy atom. The Morgan fingerprint density at radius 2 is 1.60 bits per heavy atom. The Balaban J connectivity index is 0.00000312. The highest BCUT2D eigenvalue weighted by atomic mass is 127. The molecule has 0 spiro atoms. The summed E-state index contributed by atoms with van der Waals surface area (Å²) in [6, 6.07) is 18.7. The lowest BCUT2D eigenvalue weighted by molar-refractivity contribution is 0.409. The number of guanidine groups is 1. The number of benzene rings is 2. The van der Waals surface area contributed by atoms with E-state index < -0.39 is 0 Å². The van der Waals surface area contributed by atoms with Crippen LogP contribution in [0.5, 0.6) is 5.75 Å². The maximum absolute atomic E-state index is 5.38. The van der Waals surface area contributed by atoms with Crippen molar-refractivity contribution in [3.05, 3.63) is 65.7 Å². The number of halogens is 1. The molecular weight excluding hydrogens is 425 g/mol. The number of nitrogens with zero attached hydrogens (tertiary/aromatic N) is 1. The summed E-state index contributed by atoms with van der Waals surface area (Å²) in [5.41, 5.74) is 2.57. The molecular formula is C20H28IN3O. The minimum absolute atomic E-state index is 0. The summed E-state index contributed by atoms with van der Waals surface area (Å²) >= 11 is 0. The zero-order valence-corrected chi connectivity index (χ0v) is 17.3. The summed E-state index contributed by atoms with van der Waals surface area (Å²) in [5.74, 6) is 1.78. The molecule has 2 aromatic carbocycles. The first-order chi connectivity index (χ1) is 11.8. The first kappa shape index (κ1) is 21.3. The van der Waals surface area contributed by atoms with Crippen LogP contribution in [0.2, 0.25) is 0 Å². The van der Waals surface area contributed by atoms with Gasteiger partial charge in [0.15, 0.2) is 5.96 Å². The lowest BCUT2D eigenvalue weighted by Gasteiger charge is -2.13. The summed E-state index contributed by atoms with van der Waals surface area (Å²) in [4.78, 5) is 4.27. The van der Waals surface area contributed by atoms with E-state index >= 15 is 0 Å². The molecule has 0 aliphatic carbocycles. The van der Waals surface area contributed by atoms with Crippen molar-refractivity contribution < 1.29 is 4.74 Å². The highest BCUT2D eigenvalue weighted by Crippen LogP contribution is 2.17. The van der Waals surface area contributed by atoms with Crippen LogP contribution in [-0.4, -0.2) is 33.2 Å². The van der Waals surface area contributed by atoms with Crippen molar-refractivity contribution in [1.82, 2.24) is 10.6 Å². The minimum atomic E-state index is 0. The Kier molecular flexibility index (Phi) is 10.7. The number of aliphatic imine (C=N–C) groups is 1. The summed E-state index contributed by atoms with van der Waals surface area (Å²) in [6.45, 7) is 1.72. The molecule has 4 nitrogen and oxygen atoms in total. The molecule has 25 heavy (non-hydrogen) atoms. The molecule has 0 aliphatic heterocycles. The summed E-state index contributed by atoms with van der Waals surface area (Å²) in [6.07, 6.45) is 3.05. The molecule has 2 rings (SSSR count). The molecule has 0 saturated heterocycles. The normalized spacial score (nSPS) is 10.7. The second-order valence-electron chi connectivity index (χ2n) is 5.58. The SMILES string of the molecule is CN=C(NCCCc1ccccc1)NCCc1ccccc1OC.I. The molecule has 0 saturated carbocycles. The van der Waals surface area contributed by atoms with Gasteiger partial charge < -0.3 is 15.4 Å². The van der Waals surface area contributed by atoms with Crippen molar-refractivity contribution >= 4 is 29.9 Å². The third-order valence-corrected chi connectivity index (χ3v) is 3.88. The number of methoxy groups -OCH3 is 1. The van der Waals surface area contributed by atoms with Crippen LogP contribution in [0.25, 0.3) is 0 Å². The van der Waals surface area contributed by atoms with Gasteiger partial charge in [0.05, 0.1) is 7.11 Å². The highest BCUT2D eigenvalue weighted by Gasteiger charge is 2.02. The number of hydrogen-bond acceptors (Lipinski definition) is 2. The highest BCUT2D eigenvalue weighted by molar-refractivity contribution is 14.0. The fourth-order valence-electron chi connectivity index (χ4n) is 2.59. The monoisotopic (exact) mass is 453 g/mol. The van der Waals surface area contributed by atoms with E-state index in [2.05, 4.69) is 52.0 Å². The second kappa shape index (κ2) is 12.6. The van der Waals surface area contributed by atoms with E-state index in [0.29, 0.717) is 0 Å². The zero-order chi connectivity index (χ0) is 17.0. The Hall–Kier alpha value is -1.76. The van der Waals surface area contributed by atoms with E-state index in [0.717, 1.165) is 44.1 Å². The van der Waals surface area contributed by atoms with Crippen molar-refractivity contribution in [2.45, 2.75) is 19.3 Å². The fourth-order valence-corrected chi connectivity index (χ4v) is 2.59. The smallest absolute Gasteiger partial charge is 0.190 e. The van der Waals surface area contributed by atoms with Crippen molar-refractivity contribution in [3.8, 4) is 5.75 Å². The van der Waals surface area contributed by atoms with E-state index in [1.807, 2.05) is 18.2 Å². The van der Waals surface area contributed by atoms with Crippen LogP contribution < -0.4 is 15.4 Å². The molecule has 0 fully saturated rings. The maximum Gasteiger partial charge on any atom is 0.190 e. The molecule has 0 aliphatic rings. The van der Waals surface area contributed by atoms with E-state index in [9.17, 15) is 0 Å². The van der Waals surface area contributed by atoms with Gasteiger partial charge >= 0.3 is 0 Å². The van der Waals surface area contributed by atoms with E-state index in [1.54, 1.807) is 14.2 Å². The predicted octanol–water partition coefficient (Wildman–Crippen LogP) is 3.65. The first-order valence-corrected chi connectivity index (χ1v) is 8.44. The number of aryl methyl sites for hydroxylation is 1. The van der Waals surface area contributed by atoms with Crippen molar-refractivity contribution in [1.29, 1.82) is 0 Å². The van der Waals surface area contributed by atoms with Crippen molar-refractivity contribution in [2.75, 3.05) is 27.2 Å². The molecule has 2 N–H and O–H groups in total. The summed E-state index contributed by atoms with van der Waals surface area (Å²) < 4.78 is 5.38. The van der Waals surface area contributed by atoms with Gasteiger partial charge in [-0.15, -0.1) is 24.0 Å². The van der Waals surface area contributed by atoms with Crippen LogP contribution in [0.1, 0.15) is 17.5 Å². The quantitative estimate of drug-likeness (QED) is 0.278. The van der Waals surface area contributed by atoms with Crippen LogP contribution in [0.3, 0.4) is 0 Å². The lowest BCUT2D eigenvalue weighted by Crippen LogP contribution is -2.38. The van der Waals surface area contributed by atoms with Gasteiger partial charge in [0.1, 0.15) is 5.75 Å². The molecule has 0 bridgehead atoms. The third-order valence-electron chi connectivity index (χ3n) is 3.88. The number of para-hydroxylation sites is 1. The Morgan fingerprint density at radius 1 is 0.920 bits per heavy atom. The van der Waals surface area contributed by atoms with E-state index in [-0.39, 0.29) is 24.0 Å². The zero-order valence-electron chi connectivity index (χ0n) is 15.0. The number of ether oxygens (including phenoxy) is 1. The number of nitrogens with one attached hydrogen (secondary N) is 2. The van der Waals surface area contributed by atoms with Gasteiger partial charge in [-0.05, 0) is 36.5 Å². The molecule has 0 aromatic heterocycles. The largest absolute Gasteiger partial charge is 0.496 e. The van der Waals surface area contributed by atoms with E-state index in [1.165, 1.54) is 11.1 Å². The molecule has 0 unspecified atom stereocenters. The molecule has 2 aromatic rings. The van der Waals surface area contributed by atoms with Gasteiger partial charge in [-0.1, -0.05) is 48.5 Å². The van der Waals surface area contributed by atoms with Crippen LogP contribution in [-0.2, 0) is 12.8 Å². The van der Waals surface area contributed by atoms with Gasteiger partial charge in [0.25, 0.3) is 0 Å². The number of hydrogen-bond donors (Lipinski definition) is 2. The molecule has 0 atom stereocenters. The molecule has 0 heterocycles. The van der Waals surface area contributed by atoms with Gasteiger partial charge in [-0.25, -0.2) is 0 Å². The molecule has 5 heteroatoms. The van der Waals surface area contributed by atoms with Gasteiger partial charge in [-0.2, -0.15) is 0 Å². The first-order valence-electron chi connectivity index (χ1n) is 8.44. The van der Waals surface area contributed by atoms with Gasteiger partial charge in [0.2, 0.25) is 0 Å². The van der Waals surface area contributed by atoms with Crippen molar-refractivity contribution in [3.63, 3.8) is 0 Å². The average Bonchev–Trinajstić information content (AvgIpc) is 2.65. The van der Waals surface area contributed by atoms with E-state index in [4.69, 9.17) is 4.74 Å². The minimum Gasteiger partial charge on any atom is -0.496 e. The van der Waals surface area contributed by atoms with Gasteiger partial charge in [-0.3, -0.25) is 4.99 Å². The third kappa shape index (κ3) is 7.77. The van der Waals surface area contributed by atoms with Crippen LogP contribution >= 0.6 is 24.0 Å². The standard InChI is InChI=1S/C20H27N3O.HI/c1-21-20(22-15-8-11-17-9-4-3-5-10-17)23-16-14-18-12-6-7-13-19(18)24-2;/h3-7,9-10,12-13H,8,11,14-16H2,1-2H3,(H2,21,22,23);1H. The average molecular weight is 453 g/mol. The van der Waals surface area contributed by atoms with Gasteiger partial charge in [0, 0.05) is 20.1 Å². The number of rotatable bonds is 8. The molecule has 0 amide bonds.